The first-order valence-electron chi connectivity index (χ1n) is 7.87. The van der Waals surface area contributed by atoms with E-state index in [0.29, 0.717) is 6.42 Å². The zero-order valence-corrected chi connectivity index (χ0v) is 15.5. The molecule has 0 aliphatic heterocycles. The zero-order valence-electron chi connectivity index (χ0n) is 13.9. The molecule has 0 saturated carbocycles. The number of rotatable bonds is 5. The highest BCUT2D eigenvalue weighted by Gasteiger charge is 2.16. The average Bonchev–Trinajstić information content (AvgIpc) is 2.54. The Bertz CT molecular complexity index is 1020. The smallest absolute Gasteiger partial charge is 0.222 e. The Balaban J connectivity index is 1.99. The molecule has 130 valence electrons. The van der Waals surface area contributed by atoms with Crippen LogP contribution in [0.25, 0.3) is 10.9 Å². The number of nitrogens with one attached hydrogen (secondary N) is 1. The van der Waals surface area contributed by atoms with Gasteiger partial charge in [-0.25, -0.2) is 23.1 Å². The molecule has 2 aromatic carbocycles. The minimum absolute atomic E-state index is 0.168. The van der Waals surface area contributed by atoms with Gasteiger partial charge in [-0.15, -0.1) is 0 Å². The second-order valence-electron chi connectivity index (χ2n) is 6.06. The number of para-hydroxylation sites is 1. The standard InChI is InChI=1S/C18H18ClN3O2S/c1-12(2)22-25(23,24)14-7-5-6-13(10-14)11-17-15-8-3-4-9-16(15)20-18(19)21-17/h3-10,12,22H,11H2,1-2H3. The van der Waals surface area contributed by atoms with E-state index in [-0.39, 0.29) is 16.2 Å². The maximum Gasteiger partial charge on any atom is 0.240 e. The minimum atomic E-state index is -3.53. The molecule has 1 aromatic heterocycles. The molecule has 0 bridgehead atoms. The summed E-state index contributed by atoms with van der Waals surface area (Å²) in [5, 5.41) is 1.08. The van der Waals surface area contributed by atoms with E-state index in [1.165, 1.54) is 0 Å². The van der Waals surface area contributed by atoms with Gasteiger partial charge in [-0.2, -0.15) is 0 Å². The van der Waals surface area contributed by atoms with Crippen molar-refractivity contribution in [1.82, 2.24) is 14.7 Å². The molecule has 0 atom stereocenters. The highest BCUT2D eigenvalue weighted by Crippen LogP contribution is 2.21. The molecule has 3 rings (SSSR count). The number of hydrogen-bond donors (Lipinski definition) is 1. The summed E-state index contributed by atoms with van der Waals surface area (Å²) in [5.74, 6) is 0. The van der Waals surface area contributed by atoms with Crippen LogP contribution in [0.15, 0.2) is 53.4 Å². The van der Waals surface area contributed by atoms with Crippen LogP contribution in [-0.4, -0.2) is 24.4 Å². The number of nitrogens with zero attached hydrogens (tertiary/aromatic N) is 2. The molecule has 0 saturated heterocycles. The summed E-state index contributed by atoms with van der Waals surface area (Å²) in [6.07, 6.45) is 0.466. The Hall–Kier alpha value is -2.02. The second kappa shape index (κ2) is 7.07. The molecule has 5 nitrogen and oxygen atoms in total. The Morgan fingerprint density at radius 1 is 1.08 bits per heavy atom. The molecule has 3 aromatic rings. The Morgan fingerprint density at radius 3 is 2.60 bits per heavy atom. The largest absolute Gasteiger partial charge is 0.240 e. The van der Waals surface area contributed by atoms with Crippen LogP contribution in [-0.2, 0) is 16.4 Å². The molecule has 0 aliphatic rings. The highest BCUT2D eigenvalue weighted by molar-refractivity contribution is 7.89. The van der Waals surface area contributed by atoms with Gasteiger partial charge in [0, 0.05) is 17.8 Å². The summed E-state index contributed by atoms with van der Waals surface area (Å²) in [6, 6.07) is 14.3. The molecule has 0 amide bonds. The first-order chi connectivity index (χ1) is 11.8. The van der Waals surface area contributed by atoms with Gasteiger partial charge in [-0.3, -0.25) is 0 Å². The third kappa shape index (κ3) is 4.15. The van der Waals surface area contributed by atoms with Crippen LogP contribution in [0.3, 0.4) is 0 Å². The number of aromatic nitrogens is 2. The fourth-order valence-electron chi connectivity index (χ4n) is 2.64. The predicted octanol–water partition coefficient (Wildman–Crippen LogP) is 3.56. The van der Waals surface area contributed by atoms with Gasteiger partial charge in [0.15, 0.2) is 0 Å². The van der Waals surface area contributed by atoms with E-state index in [1.54, 1.807) is 32.0 Å². The van der Waals surface area contributed by atoms with Crippen molar-refractivity contribution in [1.29, 1.82) is 0 Å². The SMILES string of the molecule is CC(C)NS(=O)(=O)c1cccc(Cc2nc(Cl)nc3ccccc23)c1. The monoisotopic (exact) mass is 375 g/mol. The lowest BCUT2D eigenvalue weighted by Crippen LogP contribution is -2.30. The fraction of sp³-hybridized carbons (Fsp3) is 0.222. The lowest BCUT2D eigenvalue weighted by molar-refractivity contribution is 0.569. The van der Waals surface area contributed by atoms with Crippen molar-refractivity contribution in [3.63, 3.8) is 0 Å². The molecule has 1 N–H and O–H groups in total. The summed E-state index contributed by atoms with van der Waals surface area (Å²) in [6.45, 7) is 3.58. The van der Waals surface area contributed by atoms with Gasteiger partial charge in [0.2, 0.25) is 15.3 Å². The molecule has 0 radical (unpaired) electrons. The van der Waals surface area contributed by atoms with Crippen LogP contribution in [0.5, 0.6) is 0 Å². The fourth-order valence-corrected chi connectivity index (χ4v) is 4.15. The number of benzene rings is 2. The van der Waals surface area contributed by atoms with Gasteiger partial charge in [-0.1, -0.05) is 30.3 Å². The Morgan fingerprint density at radius 2 is 1.84 bits per heavy atom. The first-order valence-corrected chi connectivity index (χ1v) is 9.74. The lowest BCUT2D eigenvalue weighted by atomic mass is 10.1. The van der Waals surface area contributed by atoms with Crippen LogP contribution < -0.4 is 4.72 Å². The van der Waals surface area contributed by atoms with E-state index in [0.717, 1.165) is 22.2 Å². The third-order valence-corrected chi connectivity index (χ3v) is 5.45. The summed E-state index contributed by atoms with van der Waals surface area (Å²) < 4.78 is 27.3. The maximum atomic E-state index is 12.4. The van der Waals surface area contributed by atoms with E-state index >= 15 is 0 Å². The van der Waals surface area contributed by atoms with E-state index in [1.807, 2.05) is 30.3 Å². The molecule has 0 fully saturated rings. The van der Waals surface area contributed by atoms with E-state index < -0.39 is 10.0 Å². The molecule has 1 heterocycles. The summed E-state index contributed by atoms with van der Waals surface area (Å²) in [5.41, 5.74) is 2.37. The number of fused-ring (bicyclic) bond motifs is 1. The van der Waals surface area contributed by atoms with Crippen molar-refractivity contribution in [2.24, 2.45) is 0 Å². The summed E-state index contributed by atoms with van der Waals surface area (Å²) in [7, 11) is -3.53. The molecular weight excluding hydrogens is 358 g/mol. The number of sulfonamides is 1. The first kappa shape index (κ1) is 17.8. The van der Waals surface area contributed by atoms with Gasteiger partial charge < -0.3 is 0 Å². The van der Waals surface area contributed by atoms with Crippen molar-refractivity contribution in [3.05, 3.63) is 65.1 Å². The van der Waals surface area contributed by atoms with E-state index in [2.05, 4.69) is 14.7 Å². The number of hydrogen-bond acceptors (Lipinski definition) is 4. The Kier molecular flexibility index (Phi) is 5.03. The lowest BCUT2D eigenvalue weighted by Gasteiger charge is -2.11. The predicted molar refractivity (Wildman–Crippen MR) is 99.3 cm³/mol. The molecule has 0 aliphatic carbocycles. The van der Waals surface area contributed by atoms with E-state index in [4.69, 9.17) is 11.6 Å². The zero-order chi connectivity index (χ0) is 18.0. The number of halogens is 1. The molecule has 25 heavy (non-hydrogen) atoms. The van der Waals surface area contributed by atoms with Gasteiger partial charge >= 0.3 is 0 Å². The second-order valence-corrected chi connectivity index (χ2v) is 8.11. The summed E-state index contributed by atoms with van der Waals surface area (Å²) >= 11 is 6.02. The van der Waals surface area contributed by atoms with Gasteiger partial charge in [-0.05, 0) is 49.2 Å². The highest BCUT2D eigenvalue weighted by atomic mass is 35.5. The van der Waals surface area contributed by atoms with Crippen LogP contribution in [0.2, 0.25) is 5.28 Å². The van der Waals surface area contributed by atoms with Crippen molar-refractivity contribution in [2.45, 2.75) is 31.2 Å². The van der Waals surface area contributed by atoms with Crippen LogP contribution in [0, 0.1) is 0 Å². The van der Waals surface area contributed by atoms with Crippen molar-refractivity contribution in [2.75, 3.05) is 0 Å². The normalized spacial score (nSPS) is 12.0. The van der Waals surface area contributed by atoms with Gasteiger partial charge in [0.25, 0.3) is 0 Å². The topological polar surface area (TPSA) is 72.0 Å². The molecule has 7 heteroatoms. The van der Waals surface area contributed by atoms with Crippen LogP contribution in [0.1, 0.15) is 25.1 Å². The average molecular weight is 376 g/mol. The van der Waals surface area contributed by atoms with Crippen molar-refractivity contribution >= 4 is 32.5 Å². The van der Waals surface area contributed by atoms with Gasteiger partial charge in [0.05, 0.1) is 16.1 Å². The quantitative estimate of drug-likeness (QED) is 0.692. The van der Waals surface area contributed by atoms with Crippen molar-refractivity contribution < 1.29 is 8.42 Å². The summed E-state index contributed by atoms with van der Waals surface area (Å²) in [4.78, 5) is 8.78. The minimum Gasteiger partial charge on any atom is -0.222 e. The molecule has 0 unspecified atom stereocenters. The molecule has 0 spiro atoms. The maximum absolute atomic E-state index is 12.4. The van der Waals surface area contributed by atoms with Gasteiger partial charge in [0.1, 0.15) is 0 Å². The van der Waals surface area contributed by atoms with Crippen molar-refractivity contribution in [3.8, 4) is 0 Å². The van der Waals surface area contributed by atoms with E-state index in [9.17, 15) is 8.42 Å². The van der Waals surface area contributed by atoms with Crippen LogP contribution in [0.4, 0.5) is 0 Å². The Labute approximate surface area is 152 Å². The van der Waals surface area contributed by atoms with Crippen LogP contribution >= 0.6 is 11.6 Å². The third-order valence-electron chi connectivity index (χ3n) is 3.63. The molecular formula is C18H18ClN3O2S.